The van der Waals surface area contributed by atoms with Crippen LogP contribution in [-0.4, -0.2) is 62.4 Å². The summed E-state index contributed by atoms with van der Waals surface area (Å²) in [5.41, 5.74) is 0. The van der Waals surface area contributed by atoms with Crippen molar-refractivity contribution in [3.05, 3.63) is 0 Å². The van der Waals surface area contributed by atoms with E-state index >= 15 is 0 Å². The molecule has 0 spiro atoms. The van der Waals surface area contributed by atoms with Gasteiger partial charge in [-0.3, -0.25) is 0 Å². The van der Waals surface area contributed by atoms with Crippen molar-refractivity contribution in [3.63, 3.8) is 0 Å². The summed E-state index contributed by atoms with van der Waals surface area (Å²) in [7, 11) is 0. The molecule has 5 nitrogen and oxygen atoms in total. The summed E-state index contributed by atoms with van der Waals surface area (Å²) in [6.07, 6.45) is -5.94. The molecule has 0 aromatic rings. The minimum atomic E-state index is -1.59. The van der Waals surface area contributed by atoms with Crippen molar-refractivity contribution in [3.8, 4) is 0 Å². The minimum Gasteiger partial charge on any atom is -0.394 e. The standard InChI is InChI=1S/C6H13ClO5/c7-1-3(9)5(11)6(12)4(10)2-8/h3-6,8-12H,1-2H2/t3-,4-,5-,6-/m0/s1. The van der Waals surface area contributed by atoms with E-state index in [9.17, 15) is 0 Å². The average Bonchev–Trinajstić information content (AvgIpc) is 2.12. The van der Waals surface area contributed by atoms with Crippen molar-refractivity contribution >= 4 is 11.6 Å². The van der Waals surface area contributed by atoms with Gasteiger partial charge < -0.3 is 25.5 Å². The summed E-state index contributed by atoms with van der Waals surface area (Å²) < 4.78 is 0. The van der Waals surface area contributed by atoms with Crippen LogP contribution in [0.4, 0.5) is 0 Å². The molecule has 0 aromatic carbocycles. The summed E-state index contributed by atoms with van der Waals surface area (Å²) in [6, 6.07) is 0. The number of halogens is 1. The highest BCUT2D eigenvalue weighted by molar-refractivity contribution is 6.18. The number of hydrogen-bond donors (Lipinski definition) is 5. The number of rotatable bonds is 5. The van der Waals surface area contributed by atoms with Gasteiger partial charge in [0.2, 0.25) is 0 Å². The van der Waals surface area contributed by atoms with E-state index in [1.807, 2.05) is 0 Å². The number of aliphatic hydroxyl groups is 5. The largest absolute Gasteiger partial charge is 0.394 e. The third kappa shape index (κ3) is 3.22. The van der Waals surface area contributed by atoms with E-state index < -0.39 is 31.0 Å². The fraction of sp³-hybridized carbons (Fsp3) is 1.00. The highest BCUT2D eigenvalue weighted by Crippen LogP contribution is 2.05. The maximum Gasteiger partial charge on any atom is 0.111 e. The maximum absolute atomic E-state index is 9.03. The molecule has 0 fully saturated rings. The Hall–Kier alpha value is 0.0900. The Morgan fingerprint density at radius 1 is 0.917 bits per heavy atom. The number of alkyl halides is 1. The molecule has 0 heterocycles. The van der Waals surface area contributed by atoms with E-state index in [4.69, 9.17) is 37.1 Å². The predicted molar refractivity (Wildman–Crippen MR) is 41.8 cm³/mol. The molecule has 0 aliphatic heterocycles. The van der Waals surface area contributed by atoms with Gasteiger partial charge in [0.1, 0.15) is 18.3 Å². The van der Waals surface area contributed by atoms with Crippen LogP contribution in [-0.2, 0) is 0 Å². The van der Waals surface area contributed by atoms with Crippen LogP contribution in [0.25, 0.3) is 0 Å². The number of aliphatic hydroxyl groups excluding tert-OH is 5. The van der Waals surface area contributed by atoms with Crippen molar-refractivity contribution < 1.29 is 25.5 Å². The zero-order valence-corrected chi connectivity index (χ0v) is 7.09. The molecule has 0 aromatic heterocycles. The van der Waals surface area contributed by atoms with Gasteiger partial charge >= 0.3 is 0 Å². The normalized spacial score (nSPS) is 21.5. The van der Waals surface area contributed by atoms with Crippen LogP contribution in [0, 0.1) is 0 Å². The van der Waals surface area contributed by atoms with Crippen molar-refractivity contribution in [2.24, 2.45) is 0 Å². The Kier molecular flexibility index (Phi) is 5.73. The fourth-order valence-electron chi connectivity index (χ4n) is 0.654. The molecule has 0 radical (unpaired) electrons. The zero-order chi connectivity index (χ0) is 9.72. The van der Waals surface area contributed by atoms with Gasteiger partial charge in [0, 0.05) is 0 Å². The van der Waals surface area contributed by atoms with E-state index in [1.165, 1.54) is 0 Å². The Balaban J connectivity index is 3.99. The summed E-state index contributed by atoms with van der Waals surface area (Å²) in [4.78, 5) is 0. The number of hydrogen-bond acceptors (Lipinski definition) is 5. The third-order valence-corrected chi connectivity index (χ3v) is 1.80. The first-order chi connectivity index (χ1) is 5.54. The van der Waals surface area contributed by atoms with E-state index in [1.54, 1.807) is 0 Å². The topological polar surface area (TPSA) is 101 Å². The third-order valence-electron chi connectivity index (χ3n) is 1.48. The van der Waals surface area contributed by atoms with Gasteiger partial charge in [-0.2, -0.15) is 0 Å². The molecule has 4 atom stereocenters. The quantitative estimate of drug-likeness (QED) is 0.320. The van der Waals surface area contributed by atoms with E-state index in [0.29, 0.717) is 0 Å². The second-order valence-corrected chi connectivity index (χ2v) is 2.76. The predicted octanol–water partition coefficient (Wildman–Crippen LogP) is -2.34. The molecule has 0 aliphatic rings. The molecule has 0 amide bonds. The molecule has 0 bridgehead atoms. The highest BCUT2D eigenvalue weighted by atomic mass is 35.5. The van der Waals surface area contributed by atoms with Crippen LogP contribution in [0.5, 0.6) is 0 Å². The van der Waals surface area contributed by atoms with Gasteiger partial charge in [0.25, 0.3) is 0 Å². The molecule has 0 rings (SSSR count). The fourth-order valence-corrected chi connectivity index (χ4v) is 0.837. The first-order valence-corrected chi connectivity index (χ1v) is 3.97. The molecular weight excluding hydrogens is 188 g/mol. The molecule has 0 aliphatic carbocycles. The van der Waals surface area contributed by atoms with E-state index in [2.05, 4.69) is 0 Å². The summed E-state index contributed by atoms with van der Waals surface area (Å²) in [6.45, 7) is -0.687. The van der Waals surface area contributed by atoms with Gasteiger partial charge in [0.15, 0.2) is 0 Å². The molecular formula is C6H13ClO5. The lowest BCUT2D eigenvalue weighted by Crippen LogP contribution is -2.46. The molecule has 0 saturated carbocycles. The molecule has 0 unspecified atom stereocenters. The SMILES string of the molecule is OC[C@H](O)[C@H](O)[C@@H](O)[C@@H](O)CCl. The van der Waals surface area contributed by atoms with E-state index in [0.717, 1.165) is 0 Å². The lowest BCUT2D eigenvalue weighted by atomic mass is 10.0. The molecule has 74 valence electrons. The van der Waals surface area contributed by atoms with Gasteiger partial charge in [0.05, 0.1) is 18.6 Å². The van der Waals surface area contributed by atoms with Gasteiger partial charge in [-0.15, -0.1) is 11.6 Å². The Morgan fingerprint density at radius 2 is 1.33 bits per heavy atom. The summed E-state index contributed by atoms with van der Waals surface area (Å²) in [5, 5.41) is 44.1. The maximum atomic E-state index is 9.03. The Bertz CT molecular complexity index is 109. The van der Waals surface area contributed by atoms with Crippen LogP contribution < -0.4 is 0 Å². The second kappa shape index (κ2) is 5.69. The summed E-state index contributed by atoms with van der Waals surface area (Å²) in [5.74, 6) is -0.254. The monoisotopic (exact) mass is 200 g/mol. The van der Waals surface area contributed by atoms with Gasteiger partial charge in [-0.25, -0.2) is 0 Å². The van der Waals surface area contributed by atoms with Crippen molar-refractivity contribution in [1.29, 1.82) is 0 Å². The Labute approximate surface area is 74.8 Å². The lowest BCUT2D eigenvalue weighted by Gasteiger charge is -2.24. The molecule has 0 saturated heterocycles. The first kappa shape index (κ1) is 12.1. The Morgan fingerprint density at radius 3 is 1.67 bits per heavy atom. The van der Waals surface area contributed by atoms with Crippen molar-refractivity contribution in [2.45, 2.75) is 24.4 Å². The van der Waals surface area contributed by atoms with E-state index in [-0.39, 0.29) is 5.88 Å². The zero-order valence-electron chi connectivity index (χ0n) is 6.34. The minimum absolute atomic E-state index is 0.254. The van der Waals surface area contributed by atoms with Crippen LogP contribution in [0.3, 0.4) is 0 Å². The highest BCUT2D eigenvalue weighted by Gasteiger charge is 2.29. The average molecular weight is 201 g/mol. The smallest absolute Gasteiger partial charge is 0.111 e. The van der Waals surface area contributed by atoms with Crippen LogP contribution in [0.15, 0.2) is 0 Å². The first-order valence-electron chi connectivity index (χ1n) is 3.43. The van der Waals surface area contributed by atoms with Gasteiger partial charge in [-0.1, -0.05) is 0 Å². The lowest BCUT2D eigenvalue weighted by molar-refractivity contribution is -0.110. The van der Waals surface area contributed by atoms with Crippen LogP contribution in [0.1, 0.15) is 0 Å². The molecule has 6 heteroatoms. The van der Waals surface area contributed by atoms with Crippen molar-refractivity contribution in [1.82, 2.24) is 0 Å². The second-order valence-electron chi connectivity index (χ2n) is 2.45. The van der Waals surface area contributed by atoms with Crippen LogP contribution >= 0.6 is 11.6 Å². The molecule has 5 N–H and O–H groups in total. The van der Waals surface area contributed by atoms with Gasteiger partial charge in [-0.05, 0) is 0 Å². The van der Waals surface area contributed by atoms with Crippen LogP contribution in [0.2, 0.25) is 0 Å². The molecule has 12 heavy (non-hydrogen) atoms. The van der Waals surface area contributed by atoms with Crippen molar-refractivity contribution in [2.75, 3.05) is 12.5 Å². The summed E-state index contributed by atoms with van der Waals surface area (Å²) >= 11 is 5.17.